The molecular formula is C9H20N2O. The van der Waals surface area contributed by atoms with Crippen molar-refractivity contribution in [2.45, 2.75) is 46.1 Å². The molecule has 0 heterocycles. The summed E-state index contributed by atoms with van der Waals surface area (Å²) >= 11 is 0. The molecule has 0 aromatic rings. The largest absolute Gasteiger partial charge is 0.287 e. The van der Waals surface area contributed by atoms with E-state index in [0.29, 0.717) is 0 Å². The maximum absolute atomic E-state index is 9.37. The second-order valence-corrected chi connectivity index (χ2v) is 3.89. The summed E-state index contributed by atoms with van der Waals surface area (Å²) in [4.78, 5) is 4.08. The van der Waals surface area contributed by atoms with Crippen molar-refractivity contribution in [1.29, 1.82) is 0 Å². The van der Waals surface area contributed by atoms with Crippen LogP contribution >= 0.6 is 0 Å². The molecule has 3 heteroatoms. The summed E-state index contributed by atoms with van der Waals surface area (Å²) in [5.41, 5.74) is -0.254. The first-order valence-electron chi connectivity index (χ1n) is 4.46. The molecule has 72 valence electrons. The molecular weight excluding hydrogens is 152 g/mol. The topological polar surface area (TPSA) is 35.8 Å². The molecule has 0 saturated heterocycles. The van der Waals surface area contributed by atoms with Crippen LogP contribution < -0.4 is 0 Å². The molecule has 0 atom stereocenters. The molecule has 0 aliphatic carbocycles. The number of unbranched alkanes of at least 4 members (excludes halogenated alkanes) is 1. The van der Waals surface area contributed by atoms with Gasteiger partial charge in [-0.3, -0.25) is 10.2 Å². The fraction of sp³-hybridized carbons (Fsp3) is 0.889. The first-order chi connectivity index (χ1) is 5.48. The van der Waals surface area contributed by atoms with Crippen LogP contribution in [0.15, 0.2) is 4.99 Å². The highest BCUT2D eigenvalue weighted by molar-refractivity contribution is 5.54. The Bertz CT molecular complexity index is 138. The van der Waals surface area contributed by atoms with Crippen molar-refractivity contribution < 1.29 is 5.21 Å². The zero-order chi connectivity index (χ0) is 9.61. The van der Waals surface area contributed by atoms with Gasteiger partial charge in [0, 0.05) is 6.54 Å². The molecule has 0 bridgehead atoms. The van der Waals surface area contributed by atoms with Crippen molar-refractivity contribution >= 4 is 6.34 Å². The van der Waals surface area contributed by atoms with Crippen LogP contribution in [0.2, 0.25) is 0 Å². The van der Waals surface area contributed by atoms with Gasteiger partial charge in [0.1, 0.15) is 6.34 Å². The number of hydroxylamine groups is 2. The minimum absolute atomic E-state index is 0.254. The van der Waals surface area contributed by atoms with Gasteiger partial charge in [-0.05, 0) is 27.2 Å². The van der Waals surface area contributed by atoms with E-state index in [4.69, 9.17) is 0 Å². The lowest BCUT2D eigenvalue weighted by atomic mass is 10.1. The third-order valence-corrected chi connectivity index (χ3v) is 1.52. The van der Waals surface area contributed by atoms with E-state index in [9.17, 15) is 5.21 Å². The maximum Gasteiger partial charge on any atom is 0.110 e. The van der Waals surface area contributed by atoms with Crippen LogP contribution in [0.4, 0.5) is 0 Å². The SMILES string of the molecule is CCCCN=CN(O)C(C)(C)C. The molecule has 0 aromatic carbocycles. The van der Waals surface area contributed by atoms with E-state index in [1.807, 2.05) is 20.8 Å². The quantitative estimate of drug-likeness (QED) is 0.306. The highest BCUT2D eigenvalue weighted by atomic mass is 16.5. The summed E-state index contributed by atoms with van der Waals surface area (Å²) in [5, 5.41) is 10.5. The Balaban J connectivity index is 3.68. The fourth-order valence-electron chi connectivity index (χ4n) is 0.558. The van der Waals surface area contributed by atoms with Crippen LogP contribution in [0, 0.1) is 0 Å². The zero-order valence-corrected chi connectivity index (χ0v) is 8.54. The van der Waals surface area contributed by atoms with Crippen LogP contribution in [0.1, 0.15) is 40.5 Å². The molecule has 0 fully saturated rings. The minimum atomic E-state index is -0.254. The molecule has 0 aliphatic heterocycles. The molecule has 0 radical (unpaired) electrons. The molecule has 0 amide bonds. The average molecular weight is 172 g/mol. The van der Waals surface area contributed by atoms with Gasteiger partial charge in [0.05, 0.1) is 5.54 Å². The highest BCUT2D eigenvalue weighted by Crippen LogP contribution is 2.06. The number of aliphatic imine (C=N–C) groups is 1. The molecule has 12 heavy (non-hydrogen) atoms. The predicted octanol–water partition coefficient (Wildman–Crippen LogP) is 2.30. The minimum Gasteiger partial charge on any atom is -0.287 e. The summed E-state index contributed by atoms with van der Waals surface area (Å²) < 4.78 is 0. The molecule has 1 N–H and O–H groups in total. The average Bonchev–Trinajstić information content (AvgIpc) is 1.96. The number of rotatable bonds is 4. The monoisotopic (exact) mass is 172 g/mol. The highest BCUT2D eigenvalue weighted by Gasteiger charge is 2.15. The lowest BCUT2D eigenvalue weighted by Crippen LogP contribution is -2.37. The normalized spacial score (nSPS) is 12.4. The molecule has 0 saturated carbocycles. The van der Waals surface area contributed by atoms with Crippen LogP contribution in [-0.4, -0.2) is 28.7 Å². The number of nitrogens with zero attached hydrogens (tertiary/aromatic N) is 2. The van der Waals surface area contributed by atoms with Crippen LogP contribution in [0.25, 0.3) is 0 Å². The molecule has 0 rings (SSSR count). The van der Waals surface area contributed by atoms with Gasteiger partial charge in [0.2, 0.25) is 0 Å². The Morgan fingerprint density at radius 3 is 2.42 bits per heavy atom. The van der Waals surface area contributed by atoms with E-state index >= 15 is 0 Å². The lowest BCUT2D eigenvalue weighted by Gasteiger charge is -2.26. The number of hydrogen-bond acceptors (Lipinski definition) is 2. The second-order valence-electron chi connectivity index (χ2n) is 3.89. The maximum atomic E-state index is 9.37. The van der Waals surface area contributed by atoms with Crippen molar-refractivity contribution in [2.75, 3.05) is 6.54 Å². The Kier molecular flexibility index (Phi) is 4.90. The van der Waals surface area contributed by atoms with E-state index in [1.165, 1.54) is 6.34 Å². The molecule has 0 spiro atoms. The van der Waals surface area contributed by atoms with E-state index < -0.39 is 0 Å². The van der Waals surface area contributed by atoms with Gasteiger partial charge in [0.15, 0.2) is 0 Å². The van der Waals surface area contributed by atoms with Crippen molar-refractivity contribution in [1.82, 2.24) is 5.06 Å². The van der Waals surface area contributed by atoms with Crippen LogP contribution in [0.5, 0.6) is 0 Å². The Morgan fingerprint density at radius 1 is 1.42 bits per heavy atom. The Labute approximate surface area is 75.1 Å². The van der Waals surface area contributed by atoms with E-state index in [2.05, 4.69) is 11.9 Å². The summed E-state index contributed by atoms with van der Waals surface area (Å²) in [6.45, 7) is 8.70. The standard InChI is InChI=1S/C9H20N2O/c1-5-6-7-10-8-11(12)9(2,3)4/h8,12H,5-7H2,1-4H3. The van der Waals surface area contributed by atoms with Gasteiger partial charge >= 0.3 is 0 Å². The molecule has 0 aromatic heterocycles. The van der Waals surface area contributed by atoms with Crippen molar-refractivity contribution in [3.8, 4) is 0 Å². The molecule has 0 unspecified atom stereocenters. The number of hydrogen-bond donors (Lipinski definition) is 1. The van der Waals surface area contributed by atoms with Gasteiger partial charge in [-0.1, -0.05) is 13.3 Å². The van der Waals surface area contributed by atoms with Crippen molar-refractivity contribution in [3.63, 3.8) is 0 Å². The summed E-state index contributed by atoms with van der Waals surface area (Å²) in [7, 11) is 0. The third kappa shape index (κ3) is 5.13. The summed E-state index contributed by atoms with van der Waals surface area (Å²) in [6.07, 6.45) is 3.71. The smallest absolute Gasteiger partial charge is 0.110 e. The zero-order valence-electron chi connectivity index (χ0n) is 8.54. The Hall–Kier alpha value is -0.570. The summed E-state index contributed by atoms with van der Waals surface area (Å²) in [6, 6.07) is 0. The van der Waals surface area contributed by atoms with E-state index in [-0.39, 0.29) is 5.54 Å². The van der Waals surface area contributed by atoms with Gasteiger partial charge in [0.25, 0.3) is 0 Å². The first-order valence-corrected chi connectivity index (χ1v) is 4.46. The van der Waals surface area contributed by atoms with Gasteiger partial charge in [-0.25, -0.2) is 5.06 Å². The van der Waals surface area contributed by atoms with E-state index in [1.54, 1.807) is 0 Å². The van der Waals surface area contributed by atoms with Crippen LogP contribution in [-0.2, 0) is 0 Å². The van der Waals surface area contributed by atoms with Gasteiger partial charge in [-0.2, -0.15) is 0 Å². The van der Waals surface area contributed by atoms with Gasteiger partial charge in [-0.15, -0.1) is 0 Å². The lowest BCUT2D eigenvalue weighted by molar-refractivity contribution is -0.0793. The molecule has 0 aliphatic rings. The van der Waals surface area contributed by atoms with Crippen molar-refractivity contribution in [3.05, 3.63) is 0 Å². The Morgan fingerprint density at radius 2 is 2.00 bits per heavy atom. The van der Waals surface area contributed by atoms with E-state index in [0.717, 1.165) is 24.4 Å². The second kappa shape index (κ2) is 5.14. The molecule has 3 nitrogen and oxygen atoms in total. The third-order valence-electron chi connectivity index (χ3n) is 1.52. The van der Waals surface area contributed by atoms with Gasteiger partial charge < -0.3 is 0 Å². The summed E-state index contributed by atoms with van der Waals surface area (Å²) in [5.74, 6) is 0. The fourth-order valence-corrected chi connectivity index (χ4v) is 0.558. The first kappa shape index (κ1) is 11.4. The predicted molar refractivity (Wildman–Crippen MR) is 51.6 cm³/mol. The van der Waals surface area contributed by atoms with Crippen molar-refractivity contribution in [2.24, 2.45) is 4.99 Å². The van der Waals surface area contributed by atoms with Crippen LogP contribution in [0.3, 0.4) is 0 Å².